The fourth-order valence-corrected chi connectivity index (χ4v) is 10.4. The first-order valence-electron chi connectivity index (χ1n) is 19.2. The Morgan fingerprint density at radius 1 is 0.345 bits per heavy atom. The quantitative estimate of drug-likeness (QED) is 0.104. The number of imide groups is 1. The lowest BCUT2D eigenvalue weighted by Crippen LogP contribution is -2.41. The standard InChI is InChI=1S/C51H33NO3/c1-24(2)26-10-7-11-27(25(3)4)48(26)52-50(54)40-22-19-36-32-16-14-30-34-13-12-29-28-8-5-6-9-38(28)49(53)39-21-18-35(44(34)46(29)39)31-15-17-33(43(32)42(30)31)37-20-23-41(51(52)55)47(40)45(36)37/h5-25H,1-4H3. The van der Waals surface area contributed by atoms with Gasteiger partial charge < -0.3 is 0 Å². The van der Waals surface area contributed by atoms with Crippen molar-refractivity contribution in [3.8, 4) is 11.1 Å². The summed E-state index contributed by atoms with van der Waals surface area (Å²) in [6, 6.07) is 39.6. The number of ketones is 1. The molecule has 0 bridgehead atoms. The minimum absolute atomic E-state index is 0.0732. The Bertz CT molecular complexity index is 3290. The molecule has 2 amide bonds. The summed E-state index contributed by atoms with van der Waals surface area (Å²) < 4.78 is 0. The van der Waals surface area contributed by atoms with E-state index in [1.54, 1.807) is 0 Å². The summed E-state index contributed by atoms with van der Waals surface area (Å²) in [5.41, 5.74) is 7.43. The van der Waals surface area contributed by atoms with Crippen LogP contribution in [0.3, 0.4) is 0 Å². The predicted octanol–water partition coefficient (Wildman–Crippen LogP) is 12.9. The number of carbonyl (C=O) groups excluding carboxylic acids is 3. The molecule has 0 fully saturated rings. The molecule has 12 rings (SSSR count). The maximum absolute atomic E-state index is 14.7. The Labute approximate surface area is 316 Å². The van der Waals surface area contributed by atoms with Gasteiger partial charge in [0.25, 0.3) is 11.8 Å². The Morgan fingerprint density at radius 3 is 1.16 bits per heavy atom. The summed E-state index contributed by atoms with van der Waals surface area (Å²) in [6.07, 6.45) is 0. The molecule has 2 aliphatic rings. The van der Waals surface area contributed by atoms with E-state index < -0.39 is 0 Å². The minimum atomic E-state index is -0.273. The first-order chi connectivity index (χ1) is 26.7. The molecule has 0 saturated carbocycles. The highest BCUT2D eigenvalue weighted by Crippen LogP contribution is 2.51. The number of hydrogen-bond acceptors (Lipinski definition) is 3. The van der Waals surface area contributed by atoms with Crippen molar-refractivity contribution < 1.29 is 14.4 Å². The van der Waals surface area contributed by atoms with E-state index in [9.17, 15) is 14.4 Å². The zero-order valence-electron chi connectivity index (χ0n) is 30.8. The molecule has 4 heteroatoms. The number of rotatable bonds is 3. The molecule has 260 valence electrons. The smallest absolute Gasteiger partial charge is 0.266 e. The van der Waals surface area contributed by atoms with Crippen LogP contribution in [0.15, 0.2) is 115 Å². The number of anilines is 1. The third kappa shape index (κ3) is 3.61. The lowest BCUT2D eigenvalue weighted by Gasteiger charge is -2.32. The van der Waals surface area contributed by atoms with Crippen LogP contribution >= 0.6 is 0 Å². The number of fused-ring (bicyclic) bond motifs is 6. The fourth-order valence-electron chi connectivity index (χ4n) is 10.4. The molecule has 1 aliphatic heterocycles. The van der Waals surface area contributed by atoms with E-state index in [1.165, 1.54) is 15.7 Å². The highest BCUT2D eigenvalue weighted by atomic mass is 16.2. The van der Waals surface area contributed by atoms with Crippen LogP contribution in [0.4, 0.5) is 5.69 Å². The second-order valence-electron chi connectivity index (χ2n) is 16.1. The van der Waals surface area contributed by atoms with Crippen LogP contribution in [0, 0.1) is 0 Å². The summed E-state index contributed by atoms with van der Waals surface area (Å²) in [4.78, 5) is 44.7. The van der Waals surface area contributed by atoms with Crippen LogP contribution in [0.5, 0.6) is 0 Å². The lowest BCUT2D eigenvalue weighted by atomic mass is 9.78. The van der Waals surface area contributed by atoms with E-state index >= 15 is 0 Å². The maximum Gasteiger partial charge on any atom is 0.266 e. The van der Waals surface area contributed by atoms with E-state index in [0.717, 1.165) is 104 Å². The number of carbonyl (C=O) groups is 3. The molecule has 55 heavy (non-hydrogen) atoms. The number of nitrogens with zero attached hydrogens (tertiary/aromatic N) is 1. The van der Waals surface area contributed by atoms with E-state index in [2.05, 4.69) is 88.4 Å². The summed E-state index contributed by atoms with van der Waals surface area (Å²) >= 11 is 0. The zero-order chi connectivity index (χ0) is 37.2. The first kappa shape index (κ1) is 30.8. The normalized spacial score (nSPS) is 14.2. The number of hydrogen-bond donors (Lipinski definition) is 0. The lowest BCUT2D eigenvalue weighted by molar-refractivity contribution is 0.0892. The van der Waals surface area contributed by atoms with E-state index in [4.69, 9.17) is 0 Å². The van der Waals surface area contributed by atoms with Crippen LogP contribution in [0.1, 0.15) is 87.3 Å². The average Bonchev–Trinajstić information content (AvgIpc) is 3.20. The molecule has 0 saturated heterocycles. The van der Waals surface area contributed by atoms with Crippen molar-refractivity contribution in [3.63, 3.8) is 0 Å². The zero-order valence-corrected chi connectivity index (χ0v) is 30.8. The van der Waals surface area contributed by atoms with Crippen molar-refractivity contribution in [2.24, 2.45) is 0 Å². The third-order valence-electron chi connectivity index (χ3n) is 12.8. The van der Waals surface area contributed by atoms with Crippen LogP contribution in [0.25, 0.3) is 86.5 Å². The molecule has 0 atom stereocenters. The third-order valence-corrected chi connectivity index (χ3v) is 12.8. The van der Waals surface area contributed by atoms with Crippen LogP contribution in [-0.4, -0.2) is 17.6 Å². The molecule has 0 spiro atoms. The van der Waals surface area contributed by atoms with Crippen LogP contribution in [0.2, 0.25) is 0 Å². The van der Waals surface area contributed by atoms with Gasteiger partial charge in [-0.3, -0.25) is 14.4 Å². The highest BCUT2D eigenvalue weighted by Gasteiger charge is 2.38. The van der Waals surface area contributed by atoms with Crippen molar-refractivity contribution >= 4 is 98.7 Å². The van der Waals surface area contributed by atoms with Gasteiger partial charge in [0.2, 0.25) is 0 Å². The predicted molar refractivity (Wildman–Crippen MR) is 226 cm³/mol. The molecule has 0 radical (unpaired) electrons. The van der Waals surface area contributed by atoms with Gasteiger partial charge in [-0.1, -0.05) is 125 Å². The molecule has 0 unspecified atom stereocenters. The Kier molecular flexibility index (Phi) is 5.77. The molecule has 1 heterocycles. The summed E-state index contributed by atoms with van der Waals surface area (Å²) in [5.74, 6) is -0.216. The Morgan fingerprint density at radius 2 is 0.709 bits per heavy atom. The largest absolute Gasteiger partial charge is 0.289 e. The summed E-state index contributed by atoms with van der Waals surface area (Å²) in [7, 11) is 0. The SMILES string of the molecule is CC(C)c1cccc(C(C)C)c1N1C(=O)c2ccc3c4ccc5c6ccc7c8c(ccc(c9ccc(c%10ccc(c2c3%10)C1=O)c4c59)c86)-c1ccccc1C7=O. The van der Waals surface area contributed by atoms with Crippen molar-refractivity contribution in [1.29, 1.82) is 0 Å². The monoisotopic (exact) mass is 707 g/mol. The van der Waals surface area contributed by atoms with Gasteiger partial charge >= 0.3 is 0 Å². The van der Waals surface area contributed by atoms with Crippen LogP contribution in [-0.2, 0) is 0 Å². The van der Waals surface area contributed by atoms with Crippen molar-refractivity contribution in [1.82, 2.24) is 0 Å². The second-order valence-corrected chi connectivity index (χ2v) is 16.1. The van der Waals surface area contributed by atoms with Gasteiger partial charge in [0.1, 0.15) is 0 Å². The van der Waals surface area contributed by atoms with Gasteiger partial charge in [-0.25, -0.2) is 4.90 Å². The highest BCUT2D eigenvalue weighted by molar-refractivity contribution is 6.46. The Hall–Kier alpha value is -6.65. The summed E-state index contributed by atoms with van der Waals surface area (Å²) in [5, 5.41) is 15.0. The van der Waals surface area contributed by atoms with Crippen LogP contribution < -0.4 is 4.90 Å². The maximum atomic E-state index is 14.7. The molecule has 4 nitrogen and oxygen atoms in total. The van der Waals surface area contributed by atoms with Crippen molar-refractivity contribution in [2.45, 2.75) is 39.5 Å². The minimum Gasteiger partial charge on any atom is -0.289 e. The van der Waals surface area contributed by atoms with E-state index in [-0.39, 0.29) is 29.4 Å². The summed E-state index contributed by atoms with van der Waals surface area (Å²) in [6.45, 7) is 8.45. The molecular formula is C51H33NO3. The van der Waals surface area contributed by atoms with E-state index in [0.29, 0.717) is 11.1 Å². The van der Waals surface area contributed by atoms with Crippen molar-refractivity contribution in [3.05, 3.63) is 149 Å². The van der Waals surface area contributed by atoms with Crippen molar-refractivity contribution in [2.75, 3.05) is 4.90 Å². The molecule has 1 aliphatic carbocycles. The van der Waals surface area contributed by atoms with Gasteiger partial charge in [0.15, 0.2) is 5.78 Å². The number of amides is 2. The van der Waals surface area contributed by atoms with Gasteiger partial charge in [-0.15, -0.1) is 0 Å². The molecule has 10 aromatic rings. The second kappa shape index (κ2) is 10.3. The molecule has 0 aromatic heterocycles. The Balaban J connectivity index is 1.15. The molecule has 10 aromatic carbocycles. The first-order valence-corrected chi connectivity index (χ1v) is 19.2. The van der Waals surface area contributed by atoms with E-state index in [1.807, 2.05) is 54.6 Å². The molecular weight excluding hydrogens is 675 g/mol. The van der Waals surface area contributed by atoms with Gasteiger partial charge in [-0.05, 0) is 117 Å². The number of benzene rings is 10. The van der Waals surface area contributed by atoms with Gasteiger partial charge in [0, 0.05) is 33.0 Å². The average molecular weight is 708 g/mol. The fraction of sp³-hybridized carbons (Fsp3) is 0.118. The molecule has 0 N–H and O–H groups in total. The van der Waals surface area contributed by atoms with Gasteiger partial charge in [0.05, 0.1) is 5.69 Å². The van der Waals surface area contributed by atoms with Gasteiger partial charge in [-0.2, -0.15) is 0 Å². The number of para-hydroxylation sites is 1. The topological polar surface area (TPSA) is 54.5 Å².